The van der Waals surface area contributed by atoms with E-state index in [9.17, 15) is 0 Å². The fourth-order valence-electron chi connectivity index (χ4n) is 3.53. The molecule has 0 bridgehead atoms. The van der Waals surface area contributed by atoms with Gasteiger partial charge >= 0.3 is 0 Å². The molecule has 0 fully saturated rings. The third kappa shape index (κ3) is 3.39. The van der Waals surface area contributed by atoms with E-state index in [1.807, 2.05) is 0 Å². The van der Waals surface area contributed by atoms with Gasteiger partial charge in [0, 0.05) is 6.04 Å². The highest BCUT2D eigenvalue weighted by atomic mass is 14.9. The molecule has 0 amide bonds. The van der Waals surface area contributed by atoms with Crippen molar-refractivity contribution >= 4 is 0 Å². The first-order valence-corrected chi connectivity index (χ1v) is 8.09. The minimum atomic E-state index is 0.530. The largest absolute Gasteiger partial charge is 0.313 e. The van der Waals surface area contributed by atoms with Gasteiger partial charge in [0.25, 0.3) is 0 Å². The SMILES string of the molecule is CCCCC(CC)C(NC)c1ccc2c(c1)CCC2. The van der Waals surface area contributed by atoms with Crippen molar-refractivity contribution in [2.45, 2.75) is 64.8 Å². The van der Waals surface area contributed by atoms with Crippen LogP contribution in [0.5, 0.6) is 0 Å². The van der Waals surface area contributed by atoms with E-state index >= 15 is 0 Å². The lowest BCUT2D eigenvalue weighted by Gasteiger charge is -2.27. The van der Waals surface area contributed by atoms with E-state index in [2.05, 4.69) is 44.4 Å². The molecule has 2 atom stereocenters. The standard InChI is InChI=1S/C18H29N/c1-4-6-8-14(5-2)18(19-3)17-12-11-15-9-7-10-16(15)13-17/h11-14,18-19H,4-10H2,1-3H3. The Morgan fingerprint density at radius 3 is 2.63 bits per heavy atom. The second-order valence-electron chi connectivity index (χ2n) is 5.96. The molecule has 106 valence electrons. The maximum absolute atomic E-state index is 3.57. The maximum Gasteiger partial charge on any atom is 0.0346 e. The monoisotopic (exact) mass is 259 g/mol. The molecular weight excluding hydrogens is 230 g/mol. The molecule has 0 heterocycles. The summed E-state index contributed by atoms with van der Waals surface area (Å²) in [4.78, 5) is 0. The molecule has 0 saturated carbocycles. The van der Waals surface area contributed by atoms with Gasteiger partial charge in [-0.2, -0.15) is 0 Å². The molecule has 1 aromatic rings. The summed E-state index contributed by atoms with van der Waals surface area (Å²) in [5.74, 6) is 0.768. The van der Waals surface area contributed by atoms with E-state index < -0.39 is 0 Å². The first-order chi connectivity index (χ1) is 9.30. The van der Waals surface area contributed by atoms with Crippen LogP contribution in [0.1, 0.15) is 68.7 Å². The number of hydrogen-bond donors (Lipinski definition) is 1. The van der Waals surface area contributed by atoms with Crippen LogP contribution in [0.15, 0.2) is 18.2 Å². The van der Waals surface area contributed by atoms with E-state index in [0.717, 1.165) is 5.92 Å². The van der Waals surface area contributed by atoms with Gasteiger partial charge in [0.2, 0.25) is 0 Å². The van der Waals surface area contributed by atoms with Crippen LogP contribution in [0.2, 0.25) is 0 Å². The van der Waals surface area contributed by atoms with E-state index in [1.165, 1.54) is 50.5 Å². The van der Waals surface area contributed by atoms with Gasteiger partial charge in [-0.3, -0.25) is 0 Å². The Morgan fingerprint density at radius 1 is 1.16 bits per heavy atom. The smallest absolute Gasteiger partial charge is 0.0346 e. The van der Waals surface area contributed by atoms with Crippen molar-refractivity contribution in [1.29, 1.82) is 0 Å². The number of fused-ring (bicyclic) bond motifs is 1. The number of unbranched alkanes of at least 4 members (excludes halogenated alkanes) is 1. The number of aryl methyl sites for hydroxylation is 2. The van der Waals surface area contributed by atoms with Crippen LogP contribution in [0.3, 0.4) is 0 Å². The van der Waals surface area contributed by atoms with E-state index in [-0.39, 0.29) is 0 Å². The van der Waals surface area contributed by atoms with Crippen LogP contribution < -0.4 is 5.32 Å². The Hall–Kier alpha value is -0.820. The minimum Gasteiger partial charge on any atom is -0.313 e. The van der Waals surface area contributed by atoms with Gasteiger partial charge in [-0.15, -0.1) is 0 Å². The summed E-state index contributed by atoms with van der Waals surface area (Å²) < 4.78 is 0. The van der Waals surface area contributed by atoms with Crippen molar-refractivity contribution in [3.05, 3.63) is 34.9 Å². The average Bonchev–Trinajstić information content (AvgIpc) is 2.90. The highest BCUT2D eigenvalue weighted by Crippen LogP contribution is 2.32. The Labute approximate surface area is 118 Å². The van der Waals surface area contributed by atoms with Gasteiger partial charge in [-0.1, -0.05) is 51.3 Å². The van der Waals surface area contributed by atoms with Crippen LogP contribution in [0.4, 0.5) is 0 Å². The zero-order valence-corrected chi connectivity index (χ0v) is 12.8. The van der Waals surface area contributed by atoms with Gasteiger partial charge in [0.05, 0.1) is 0 Å². The average molecular weight is 259 g/mol. The molecule has 1 aromatic carbocycles. The first kappa shape index (κ1) is 14.6. The Bertz CT molecular complexity index is 397. The highest BCUT2D eigenvalue weighted by Gasteiger charge is 2.21. The maximum atomic E-state index is 3.57. The summed E-state index contributed by atoms with van der Waals surface area (Å²) >= 11 is 0. The van der Waals surface area contributed by atoms with Gasteiger partial charge in [0.1, 0.15) is 0 Å². The van der Waals surface area contributed by atoms with Crippen molar-refractivity contribution in [2.75, 3.05) is 7.05 Å². The van der Waals surface area contributed by atoms with Gasteiger partial charge in [0.15, 0.2) is 0 Å². The summed E-state index contributed by atoms with van der Waals surface area (Å²) in [6.45, 7) is 4.62. The molecule has 1 aliphatic rings. The molecular formula is C18H29N. The zero-order valence-electron chi connectivity index (χ0n) is 12.8. The van der Waals surface area contributed by atoms with Crippen LogP contribution in [-0.2, 0) is 12.8 Å². The molecule has 0 spiro atoms. The summed E-state index contributed by atoms with van der Waals surface area (Å²) in [6, 6.07) is 7.73. The number of nitrogens with one attached hydrogen (secondary N) is 1. The van der Waals surface area contributed by atoms with E-state index in [1.54, 1.807) is 11.1 Å². The second kappa shape index (κ2) is 7.09. The minimum absolute atomic E-state index is 0.530. The summed E-state index contributed by atoms with van der Waals surface area (Å²) in [5.41, 5.74) is 4.69. The number of hydrogen-bond acceptors (Lipinski definition) is 1. The Kier molecular flexibility index (Phi) is 5.45. The predicted octanol–water partition coefficient (Wildman–Crippen LogP) is 4.65. The molecule has 0 saturated heterocycles. The van der Waals surface area contributed by atoms with Crippen molar-refractivity contribution in [3.63, 3.8) is 0 Å². The Morgan fingerprint density at radius 2 is 1.95 bits per heavy atom. The molecule has 19 heavy (non-hydrogen) atoms. The summed E-state index contributed by atoms with van der Waals surface area (Å²) in [6.07, 6.45) is 9.17. The normalized spacial score (nSPS) is 17.2. The van der Waals surface area contributed by atoms with Crippen molar-refractivity contribution in [1.82, 2.24) is 5.32 Å². The molecule has 0 radical (unpaired) electrons. The van der Waals surface area contributed by atoms with Crippen LogP contribution >= 0.6 is 0 Å². The number of rotatable bonds is 7. The Balaban J connectivity index is 2.15. The van der Waals surface area contributed by atoms with Crippen molar-refractivity contribution < 1.29 is 0 Å². The summed E-state index contributed by atoms with van der Waals surface area (Å²) in [7, 11) is 2.12. The third-order valence-corrected chi connectivity index (χ3v) is 4.72. The zero-order chi connectivity index (χ0) is 13.7. The second-order valence-corrected chi connectivity index (χ2v) is 5.96. The molecule has 2 rings (SSSR count). The third-order valence-electron chi connectivity index (χ3n) is 4.72. The lowest BCUT2D eigenvalue weighted by molar-refractivity contribution is 0.339. The fraction of sp³-hybridized carbons (Fsp3) is 0.667. The molecule has 1 aliphatic carbocycles. The lowest BCUT2D eigenvalue weighted by atomic mass is 9.86. The van der Waals surface area contributed by atoms with Gasteiger partial charge in [-0.05, 0) is 55.3 Å². The molecule has 1 nitrogen and oxygen atoms in total. The molecule has 0 aromatic heterocycles. The van der Waals surface area contributed by atoms with Crippen LogP contribution in [0.25, 0.3) is 0 Å². The summed E-state index contributed by atoms with van der Waals surface area (Å²) in [5, 5.41) is 3.57. The van der Waals surface area contributed by atoms with E-state index in [4.69, 9.17) is 0 Å². The molecule has 1 N–H and O–H groups in total. The predicted molar refractivity (Wildman–Crippen MR) is 83.6 cm³/mol. The molecule has 2 unspecified atom stereocenters. The topological polar surface area (TPSA) is 12.0 Å². The fourth-order valence-corrected chi connectivity index (χ4v) is 3.53. The number of benzene rings is 1. The molecule has 0 aliphatic heterocycles. The lowest BCUT2D eigenvalue weighted by Crippen LogP contribution is -2.25. The van der Waals surface area contributed by atoms with Gasteiger partial charge in [-0.25, -0.2) is 0 Å². The van der Waals surface area contributed by atoms with E-state index in [0.29, 0.717) is 6.04 Å². The highest BCUT2D eigenvalue weighted by molar-refractivity contribution is 5.36. The van der Waals surface area contributed by atoms with Gasteiger partial charge < -0.3 is 5.32 Å². The molecule has 1 heteroatoms. The quantitative estimate of drug-likeness (QED) is 0.751. The van der Waals surface area contributed by atoms with Crippen LogP contribution in [-0.4, -0.2) is 7.05 Å². The first-order valence-electron chi connectivity index (χ1n) is 8.09. The van der Waals surface area contributed by atoms with Crippen molar-refractivity contribution in [3.8, 4) is 0 Å². The van der Waals surface area contributed by atoms with Crippen molar-refractivity contribution in [2.24, 2.45) is 5.92 Å². The van der Waals surface area contributed by atoms with Crippen LogP contribution in [0, 0.1) is 5.92 Å².